The quantitative estimate of drug-likeness (QED) is 0.365. The van der Waals surface area contributed by atoms with Crippen LogP contribution in [0.3, 0.4) is 0 Å². The predicted molar refractivity (Wildman–Crippen MR) is 73.0 cm³/mol. The van der Waals surface area contributed by atoms with E-state index in [1.165, 1.54) is 0 Å². The van der Waals surface area contributed by atoms with Crippen molar-refractivity contribution in [2.75, 3.05) is 0 Å². The molecule has 3 atom stereocenters. The van der Waals surface area contributed by atoms with Crippen molar-refractivity contribution < 1.29 is 39.9 Å². The summed E-state index contributed by atoms with van der Waals surface area (Å²) in [5.41, 5.74) is 6.30. The second-order valence-corrected chi connectivity index (χ2v) is 4.20. The van der Waals surface area contributed by atoms with Crippen LogP contribution in [0.2, 0.25) is 0 Å². The van der Waals surface area contributed by atoms with E-state index in [0.717, 1.165) is 5.56 Å². The number of benzene rings is 1. The Hall–Kier alpha value is -2.49. The van der Waals surface area contributed by atoms with E-state index < -0.39 is 36.2 Å². The molecule has 0 heterocycles. The molecule has 7 N–H and O–H groups in total. The van der Waals surface area contributed by atoms with Gasteiger partial charge in [0.1, 0.15) is 6.04 Å². The van der Waals surface area contributed by atoms with Crippen LogP contribution in [0.4, 0.5) is 0 Å². The van der Waals surface area contributed by atoms with Gasteiger partial charge in [-0.1, -0.05) is 30.3 Å². The summed E-state index contributed by atoms with van der Waals surface area (Å²) in [6, 6.07) is 8.54. The molecule has 1 rings (SSSR count). The topological polar surface area (TPSA) is 178 Å². The molecule has 0 fully saturated rings. The zero-order valence-electron chi connectivity index (χ0n) is 11.4. The number of nitrogens with two attached hydrogens (primary N) is 1. The average molecular weight is 315 g/mol. The first-order valence-corrected chi connectivity index (χ1v) is 6.00. The van der Waals surface area contributed by atoms with Crippen molar-refractivity contribution in [3.8, 4) is 0 Å². The van der Waals surface area contributed by atoms with Crippen LogP contribution in [0.1, 0.15) is 5.56 Å². The molecule has 0 aliphatic rings. The van der Waals surface area contributed by atoms with Crippen LogP contribution in [0.25, 0.3) is 0 Å². The van der Waals surface area contributed by atoms with Gasteiger partial charge in [-0.25, -0.2) is 9.59 Å². The summed E-state index contributed by atoms with van der Waals surface area (Å²) >= 11 is 0. The Kier molecular flexibility index (Phi) is 8.38. The van der Waals surface area contributed by atoms with E-state index in [-0.39, 0.29) is 0 Å². The molecule has 1 aromatic rings. The molecule has 0 aliphatic heterocycles. The Morgan fingerprint density at radius 1 is 0.864 bits per heavy atom. The van der Waals surface area contributed by atoms with Gasteiger partial charge in [-0.15, -0.1) is 0 Å². The fraction of sp³-hybridized carbons (Fsp3) is 0.308. The van der Waals surface area contributed by atoms with Gasteiger partial charge in [0.25, 0.3) is 0 Å². The van der Waals surface area contributed by atoms with Crippen LogP contribution >= 0.6 is 0 Å². The van der Waals surface area contributed by atoms with Gasteiger partial charge in [0, 0.05) is 0 Å². The van der Waals surface area contributed by atoms with E-state index in [1.54, 1.807) is 0 Å². The molecule has 0 radical (unpaired) electrons. The molecule has 122 valence electrons. The number of hydrogen-bond acceptors (Lipinski definition) is 6. The number of carboxylic acid groups (broad SMARTS) is 3. The number of aliphatic carboxylic acids is 3. The number of aliphatic hydroxyl groups is 2. The highest BCUT2D eigenvalue weighted by Gasteiger charge is 2.29. The number of hydrogen-bond donors (Lipinski definition) is 6. The summed E-state index contributed by atoms with van der Waals surface area (Å²) in [5.74, 6) is -4.50. The maximum Gasteiger partial charge on any atom is 0.335 e. The highest BCUT2D eigenvalue weighted by Crippen LogP contribution is 2.01. The van der Waals surface area contributed by atoms with E-state index in [9.17, 15) is 14.4 Å². The lowest BCUT2D eigenvalue weighted by atomic mass is 10.1. The van der Waals surface area contributed by atoms with Crippen molar-refractivity contribution in [1.29, 1.82) is 0 Å². The van der Waals surface area contributed by atoms with Gasteiger partial charge >= 0.3 is 17.9 Å². The summed E-state index contributed by atoms with van der Waals surface area (Å²) < 4.78 is 0. The number of carbonyl (C=O) groups is 3. The van der Waals surface area contributed by atoms with Gasteiger partial charge in [0.05, 0.1) is 0 Å². The molecule has 0 saturated heterocycles. The normalized spacial score (nSPS) is 14.0. The predicted octanol–water partition coefficient (Wildman–Crippen LogP) is -1.48. The number of rotatable bonds is 6. The minimum atomic E-state index is -2.27. The molecule has 0 saturated carbocycles. The molecule has 0 spiro atoms. The fourth-order valence-electron chi connectivity index (χ4n) is 1.23. The monoisotopic (exact) mass is 315 g/mol. The second kappa shape index (κ2) is 9.45. The highest BCUT2D eigenvalue weighted by atomic mass is 16.4. The third-order valence-corrected chi connectivity index (χ3v) is 2.42. The Bertz CT molecular complexity index is 486. The van der Waals surface area contributed by atoms with Crippen LogP contribution in [-0.2, 0) is 20.8 Å². The summed E-state index contributed by atoms with van der Waals surface area (Å²) in [7, 11) is 0. The van der Waals surface area contributed by atoms with Gasteiger partial charge in [-0.05, 0) is 12.0 Å². The van der Waals surface area contributed by atoms with E-state index in [2.05, 4.69) is 0 Å². The molecule has 9 nitrogen and oxygen atoms in total. The number of aliphatic hydroxyl groups excluding tert-OH is 2. The van der Waals surface area contributed by atoms with Crippen molar-refractivity contribution in [1.82, 2.24) is 0 Å². The Balaban J connectivity index is 0.000000409. The van der Waals surface area contributed by atoms with Crippen molar-refractivity contribution in [3.63, 3.8) is 0 Å². The van der Waals surface area contributed by atoms with Gasteiger partial charge in [-0.2, -0.15) is 0 Å². The largest absolute Gasteiger partial charge is 0.480 e. The summed E-state index contributed by atoms with van der Waals surface area (Å²) in [6.07, 6.45) is -4.15. The summed E-state index contributed by atoms with van der Waals surface area (Å²) in [4.78, 5) is 29.9. The van der Waals surface area contributed by atoms with Gasteiger partial charge in [-0.3, -0.25) is 4.79 Å². The molecule has 0 unspecified atom stereocenters. The maximum absolute atomic E-state index is 10.4. The molecule has 0 aromatic heterocycles. The second-order valence-electron chi connectivity index (χ2n) is 4.20. The fourth-order valence-corrected chi connectivity index (χ4v) is 1.23. The lowest BCUT2D eigenvalue weighted by molar-refractivity contribution is -0.165. The van der Waals surface area contributed by atoms with E-state index >= 15 is 0 Å². The van der Waals surface area contributed by atoms with Gasteiger partial charge < -0.3 is 31.3 Å². The molecular formula is C13H17NO8. The Labute approximate surface area is 125 Å². The first-order valence-electron chi connectivity index (χ1n) is 6.00. The third kappa shape index (κ3) is 7.33. The summed E-state index contributed by atoms with van der Waals surface area (Å²) in [5, 5.41) is 41.0. The zero-order valence-corrected chi connectivity index (χ0v) is 11.4. The van der Waals surface area contributed by atoms with Crippen LogP contribution < -0.4 is 5.73 Å². The van der Waals surface area contributed by atoms with Gasteiger partial charge in [0.2, 0.25) is 0 Å². The van der Waals surface area contributed by atoms with Crippen LogP contribution in [0.15, 0.2) is 30.3 Å². The zero-order chi connectivity index (χ0) is 17.3. The minimum Gasteiger partial charge on any atom is -0.480 e. The maximum atomic E-state index is 10.4. The Morgan fingerprint density at radius 2 is 1.27 bits per heavy atom. The first-order chi connectivity index (χ1) is 10.2. The molecule has 22 heavy (non-hydrogen) atoms. The van der Waals surface area contributed by atoms with Crippen molar-refractivity contribution in [2.45, 2.75) is 24.7 Å². The highest BCUT2D eigenvalue weighted by molar-refractivity contribution is 5.83. The van der Waals surface area contributed by atoms with Crippen LogP contribution in [0, 0.1) is 0 Å². The van der Waals surface area contributed by atoms with Crippen LogP contribution in [-0.4, -0.2) is 61.7 Å². The third-order valence-electron chi connectivity index (χ3n) is 2.42. The minimum absolute atomic E-state index is 0.385. The first kappa shape index (κ1) is 19.5. The smallest absolute Gasteiger partial charge is 0.335 e. The van der Waals surface area contributed by atoms with E-state index in [4.69, 9.17) is 31.3 Å². The standard InChI is InChI=1S/C9H11NO2.C4H6O6/c10-8(9(11)12)6-7-4-2-1-3-5-7;5-1(3(7)8)2(6)4(9)10/h1-5,8H,6,10H2,(H,11,12);1-2,5-6H,(H,7,8)(H,9,10)/t8-;1-,2-/m10/s1. The van der Waals surface area contributed by atoms with Crippen molar-refractivity contribution >= 4 is 17.9 Å². The van der Waals surface area contributed by atoms with Crippen molar-refractivity contribution in [2.24, 2.45) is 5.73 Å². The van der Waals surface area contributed by atoms with Crippen LogP contribution in [0.5, 0.6) is 0 Å². The van der Waals surface area contributed by atoms with Crippen molar-refractivity contribution in [3.05, 3.63) is 35.9 Å². The molecule has 1 aromatic carbocycles. The van der Waals surface area contributed by atoms with E-state index in [0.29, 0.717) is 6.42 Å². The lowest BCUT2D eigenvalue weighted by Crippen LogP contribution is -2.39. The lowest BCUT2D eigenvalue weighted by Gasteiger charge is -2.07. The Morgan fingerprint density at radius 3 is 1.59 bits per heavy atom. The number of carboxylic acids is 3. The molecule has 0 aliphatic carbocycles. The molecule has 9 heteroatoms. The van der Waals surface area contributed by atoms with Gasteiger partial charge in [0.15, 0.2) is 12.2 Å². The summed E-state index contributed by atoms with van der Waals surface area (Å²) in [6.45, 7) is 0. The SMILES string of the molecule is N[C@H](Cc1ccccc1)C(=O)O.O=C(O)[C@@H](O)[C@H](O)C(=O)O. The molecule has 0 amide bonds. The molecule has 0 bridgehead atoms. The van der Waals surface area contributed by atoms with E-state index in [1.807, 2.05) is 30.3 Å². The average Bonchev–Trinajstić information content (AvgIpc) is 2.47. The molecular weight excluding hydrogens is 298 g/mol.